The van der Waals surface area contributed by atoms with Gasteiger partial charge in [-0.25, -0.2) is 9.97 Å². The SMILES string of the molecule is Cc1cc(C)nc(NC(=O)c2cccc3ccc(-c4cccnc4)nc23)c1. The summed E-state index contributed by atoms with van der Waals surface area (Å²) in [6, 6.07) is 17.1. The molecule has 0 aliphatic rings. The van der Waals surface area contributed by atoms with Crippen LogP contribution >= 0.6 is 0 Å². The predicted octanol–water partition coefficient (Wildman–Crippen LogP) is 4.56. The van der Waals surface area contributed by atoms with Gasteiger partial charge < -0.3 is 5.32 Å². The Morgan fingerprint density at radius 3 is 2.63 bits per heavy atom. The number of hydrogen-bond acceptors (Lipinski definition) is 4. The van der Waals surface area contributed by atoms with Gasteiger partial charge in [0.25, 0.3) is 5.91 Å². The average Bonchev–Trinajstić information content (AvgIpc) is 2.67. The summed E-state index contributed by atoms with van der Waals surface area (Å²) in [4.78, 5) is 26.1. The van der Waals surface area contributed by atoms with E-state index in [-0.39, 0.29) is 5.91 Å². The first-order valence-electron chi connectivity index (χ1n) is 8.67. The largest absolute Gasteiger partial charge is 0.306 e. The van der Waals surface area contributed by atoms with Gasteiger partial charge in [-0.05, 0) is 55.8 Å². The Morgan fingerprint density at radius 1 is 0.963 bits per heavy atom. The van der Waals surface area contributed by atoms with Crippen LogP contribution in [0.1, 0.15) is 21.6 Å². The first-order valence-corrected chi connectivity index (χ1v) is 8.67. The van der Waals surface area contributed by atoms with Gasteiger partial charge in [-0.2, -0.15) is 0 Å². The number of aromatic nitrogens is 3. The Labute approximate surface area is 157 Å². The molecule has 4 aromatic rings. The number of pyridine rings is 3. The number of para-hydroxylation sites is 1. The highest BCUT2D eigenvalue weighted by atomic mass is 16.1. The molecule has 4 rings (SSSR count). The summed E-state index contributed by atoms with van der Waals surface area (Å²) < 4.78 is 0. The van der Waals surface area contributed by atoms with E-state index in [0.29, 0.717) is 16.9 Å². The van der Waals surface area contributed by atoms with Gasteiger partial charge in [0.2, 0.25) is 0 Å². The number of nitrogens with zero attached hydrogens (tertiary/aromatic N) is 3. The van der Waals surface area contributed by atoms with Crippen molar-refractivity contribution in [3.05, 3.63) is 83.8 Å². The summed E-state index contributed by atoms with van der Waals surface area (Å²) in [7, 11) is 0. The molecule has 27 heavy (non-hydrogen) atoms. The molecule has 132 valence electrons. The lowest BCUT2D eigenvalue weighted by molar-refractivity contribution is 0.102. The lowest BCUT2D eigenvalue weighted by Crippen LogP contribution is -2.14. The van der Waals surface area contributed by atoms with Crippen LogP contribution in [0.15, 0.2) is 67.0 Å². The van der Waals surface area contributed by atoms with E-state index in [1.165, 1.54) is 0 Å². The first kappa shape index (κ1) is 16.8. The van der Waals surface area contributed by atoms with E-state index >= 15 is 0 Å². The summed E-state index contributed by atoms with van der Waals surface area (Å²) in [5.41, 5.74) is 4.76. The molecule has 5 nitrogen and oxygen atoms in total. The van der Waals surface area contributed by atoms with Gasteiger partial charge in [0.05, 0.1) is 16.8 Å². The number of carbonyl (C=O) groups excluding carboxylic acids is 1. The number of anilines is 1. The quantitative estimate of drug-likeness (QED) is 0.585. The number of amides is 1. The van der Waals surface area contributed by atoms with Crippen molar-refractivity contribution in [3.8, 4) is 11.3 Å². The molecule has 0 radical (unpaired) electrons. The van der Waals surface area contributed by atoms with E-state index in [4.69, 9.17) is 4.98 Å². The Morgan fingerprint density at radius 2 is 1.85 bits per heavy atom. The minimum absolute atomic E-state index is 0.228. The molecule has 0 fully saturated rings. The second-order valence-corrected chi connectivity index (χ2v) is 6.44. The zero-order chi connectivity index (χ0) is 18.8. The highest BCUT2D eigenvalue weighted by Crippen LogP contribution is 2.23. The number of rotatable bonds is 3. The number of fused-ring (bicyclic) bond motifs is 1. The van der Waals surface area contributed by atoms with Crippen LogP contribution in [-0.2, 0) is 0 Å². The van der Waals surface area contributed by atoms with Crippen molar-refractivity contribution in [2.75, 3.05) is 5.32 Å². The highest BCUT2D eigenvalue weighted by Gasteiger charge is 2.13. The summed E-state index contributed by atoms with van der Waals surface area (Å²) in [5, 5.41) is 3.80. The van der Waals surface area contributed by atoms with Crippen molar-refractivity contribution in [2.45, 2.75) is 13.8 Å². The van der Waals surface area contributed by atoms with Crippen molar-refractivity contribution in [1.29, 1.82) is 0 Å². The Balaban J connectivity index is 1.75. The van der Waals surface area contributed by atoms with E-state index in [2.05, 4.69) is 15.3 Å². The molecule has 1 aromatic carbocycles. The van der Waals surface area contributed by atoms with Crippen molar-refractivity contribution >= 4 is 22.6 Å². The lowest BCUT2D eigenvalue weighted by atomic mass is 10.1. The number of carbonyl (C=O) groups is 1. The molecule has 0 aliphatic heterocycles. The maximum atomic E-state index is 12.9. The maximum absolute atomic E-state index is 12.9. The molecule has 0 unspecified atom stereocenters. The standard InChI is InChI=1S/C22H18N4O/c1-14-11-15(2)24-20(12-14)26-22(27)18-7-3-5-16-8-9-19(25-21(16)18)17-6-4-10-23-13-17/h3-13H,1-2H3,(H,24,26,27). The molecule has 0 saturated carbocycles. The van der Waals surface area contributed by atoms with E-state index in [0.717, 1.165) is 27.9 Å². The van der Waals surface area contributed by atoms with Gasteiger partial charge in [0.15, 0.2) is 0 Å². The molecule has 0 saturated heterocycles. The number of nitrogens with one attached hydrogen (secondary N) is 1. The fourth-order valence-electron chi connectivity index (χ4n) is 3.09. The fraction of sp³-hybridized carbons (Fsp3) is 0.0909. The molecule has 0 bridgehead atoms. The third-order valence-electron chi connectivity index (χ3n) is 4.26. The molecular weight excluding hydrogens is 336 g/mol. The summed E-state index contributed by atoms with van der Waals surface area (Å²) in [5.74, 6) is 0.312. The van der Waals surface area contributed by atoms with Crippen LogP contribution in [-0.4, -0.2) is 20.9 Å². The average molecular weight is 354 g/mol. The van der Waals surface area contributed by atoms with Crippen LogP contribution in [0.25, 0.3) is 22.2 Å². The third kappa shape index (κ3) is 3.53. The van der Waals surface area contributed by atoms with Gasteiger partial charge in [-0.15, -0.1) is 0 Å². The third-order valence-corrected chi connectivity index (χ3v) is 4.26. The molecule has 1 N–H and O–H groups in total. The van der Waals surface area contributed by atoms with Crippen LogP contribution in [0.4, 0.5) is 5.82 Å². The van der Waals surface area contributed by atoms with Gasteiger partial charge in [0.1, 0.15) is 5.82 Å². The smallest absolute Gasteiger partial charge is 0.259 e. The van der Waals surface area contributed by atoms with Crippen molar-refractivity contribution in [1.82, 2.24) is 15.0 Å². The van der Waals surface area contributed by atoms with Crippen LogP contribution < -0.4 is 5.32 Å². The minimum atomic E-state index is -0.228. The second-order valence-electron chi connectivity index (χ2n) is 6.44. The van der Waals surface area contributed by atoms with Crippen molar-refractivity contribution in [3.63, 3.8) is 0 Å². The van der Waals surface area contributed by atoms with Crippen molar-refractivity contribution in [2.24, 2.45) is 0 Å². The summed E-state index contributed by atoms with van der Waals surface area (Å²) in [6.45, 7) is 3.88. The maximum Gasteiger partial charge on any atom is 0.259 e. The molecule has 5 heteroatoms. The van der Waals surface area contributed by atoms with E-state index < -0.39 is 0 Å². The Bertz CT molecular complexity index is 1120. The molecule has 0 atom stereocenters. The molecule has 3 aromatic heterocycles. The number of hydrogen-bond donors (Lipinski definition) is 1. The molecular formula is C22H18N4O. The van der Waals surface area contributed by atoms with Crippen LogP contribution in [0.5, 0.6) is 0 Å². The predicted molar refractivity (Wildman–Crippen MR) is 107 cm³/mol. The van der Waals surface area contributed by atoms with Gasteiger partial charge in [-0.3, -0.25) is 9.78 Å². The minimum Gasteiger partial charge on any atom is -0.306 e. The number of benzene rings is 1. The first-order chi connectivity index (χ1) is 13.1. The fourth-order valence-corrected chi connectivity index (χ4v) is 3.09. The molecule has 0 spiro atoms. The lowest BCUT2D eigenvalue weighted by Gasteiger charge is -2.10. The van der Waals surface area contributed by atoms with Crippen molar-refractivity contribution < 1.29 is 4.79 Å². The summed E-state index contributed by atoms with van der Waals surface area (Å²) >= 11 is 0. The highest BCUT2D eigenvalue weighted by molar-refractivity contribution is 6.11. The van der Waals surface area contributed by atoms with Crippen LogP contribution in [0.2, 0.25) is 0 Å². The zero-order valence-electron chi connectivity index (χ0n) is 15.1. The summed E-state index contributed by atoms with van der Waals surface area (Å²) in [6.07, 6.45) is 3.48. The molecule has 1 amide bonds. The van der Waals surface area contributed by atoms with E-state index in [9.17, 15) is 4.79 Å². The zero-order valence-corrected chi connectivity index (χ0v) is 15.1. The Kier molecular flexibility index (Phi) is 4.34. The topological polar surface area (TPSA) is 67.8 Å². The second kappa shape index (κ2) is 6.96. The van der Waals surface area contributed by atoms with E-state index in [1.807, 2.05) is 62.4 Å². The van der Waals surface area contributed by atoms with Gasteiger partial charge in [0, 0.05) is 29.0 Å². The van der Waals surface area contributed by atoms with Crippen LogP contribution in [0.3, 0.4) is 0 Å². The Hall–Kier alpha value is -3.60. The van der Waals surface area contributed by atoms with Gasteiger partial charge >= 0.3 is 0 Å². The molecule has 3 heterocycles. The normalized spacial score (nSPS) is 10.7. The van der Waals surface area contributed by atoms with Crippen LogP contribution in [0, 0.1) is 13.8 Å². The van der Waals surface area contributed by atoms with Gasteiger partial charge in [-0.1, -0.05) is 18.2 Å². The monoisotopic (exact) mass is 354 g/mol. The van der Waals surface area contributed by atoms with E-state index in [1.54, 1.807) is 18.5 Å². The molecule has 0 aliphatic carbocycles. The number of aryl methyl sites for hydroxylation is 2.